The lowest BCUT2D eigenvalue weighted by Crippen LogP contribution is -2.55. The Hall–Kier alpha value is -0.930. The SMILES string of the molecule is CC1NCCNC1Cc1ccccc1F. The van der Waals surface area contributed by atoms with Crippen LogP contribution in [0.5, 0.6) is 0 Å². The maximum absolute atomic E-state index is 13.4. The molecule has 1 fully saturated rings. The highest BCUT2D eigenvalue weighted by Crippen LogP contribution is 2.11. The molecule has 2 rings (SSSR count). The number of hydrogen-bond donors (Lipinski definition) is 2. The minimum Gasteiger partial charge on any atom is -0.311 e. The first-order valence-corrected chi connectivity index (χ1v) is 5.47. The first-order valence-electron chi connectivity index (χ1n) is 5.47. The van der Waals surface area contributed by atoms with Crippen LogP contribution in [0.25, 0.3) is 0 Å². The Kier molecular flexibility index (Phi) is 3.34. The van der Waals surface area contributed by atoms with Gasteiger partial charge in [-0.2, -0.15) is 0 Å². The van der Waals surface area contributed by atoms with E-state index in [-0.39, 0.29) is 5.82 Å². The average Bonchev–Trinajstić information content (AvgIpc) is 2.24. The molecule has 1 saturated heterocycles. The van der Waals surface area contributed by atoms with Crippen molar-refractivity contribution in [3.63, 3.8) is 0 Å². The Morgan fingerprint density at radius 1 is 1.27 bits per heavy atom. The van der Waals surface area contributed by atoms with E-state index in [1.54, 1.807) is 6.07 Å². The predicted octanol–water partition coefficient (Wildman–Crippen LogP) is 1.32. The molecular weight excluding hydrogens is 191 g/mol. The third kappa shape index (κ3) is 2.55. The molecule has 0 saturated carbocycles. The highest BCUT2D eigenvalue weighted by molar-refractivity contribution is 5.19. The van der Waals surface area contributed by atoms with Gasteiger partial charge in [-0.05, 0) is 25.0 Å². The summed E-state index contributed by atoms with van der Waals surface area (Å²) < 4.78 is 13.4. The summed E-state index contributed by atoms with van der Waals surface area (Å²) in [4.78, 5) is 0. The van der Waals surface area contributed by atoms with Crippen molar-refractivity contribution in [3.05, 3.63) is 35.6 Å². The van der Waals surface area contributed by atoms with Crippen LogP contribution >= 0.6 is 0 Å². The van der Waals surface area contributed by atoms with Crippen LogP contribution in [0.4, 0.5) is 4.39 Å². The second-order valence-electron chi connectivity index (χ2n) is 4.10. The Morgan fingerprint density at radius 3 is 2.73 bits per heavy atom. The van der Waals surface area contributed by atoms with Crippen LogP contribution in [0.15, 0.2) is 24.3 Å². The van der Waals surface area contributed by atoms with Crippen LogP contribution in [0.2, 0.25) is 0 Å². The minimum absolute atomic E-state index is 0.0999. The Morgan fingerprint density at radius 2 is 2.00 bits per heavy atom. The van der Waals surface area contributed by atoms with Gasteiger partial charge in [-0.1, -0.05) is 18.2 Å². The summed E-state index contributed by atoms with van der Waals surface area (Å²) in [5.41, 5.74) is 0.797. The second-order valence-corrected chi connectivity index (χ2v) is 4.10. The van der Waals surface area contributed by atoms with E-state index in [2.05, 4.69) is 17.6 Å². The third-order valence-corrected chi connectivity index (χ3v) is 3.00. The minimum atomic E-state index is -0.0999. The zero-order chi connectivity index (χ0) is 10.7. The Bertz CT molecular complexity index is 327. The van der Waals surface area contributed by atoms with Crippen molar-refractivity contribution < 1.29 is 4.39 Å². The molecule has 2 N–H and O–H groups in total. The molecular formula is C12H17FN2. The molecule has 0 spiro atoms. The molecule has 0 amide bonds. The molecule has 2 nitrogen and oxygen atoms in total. The highest BCUT2D eigenvalue weighted by Gasteiger charge is 2.21. The summed E-state index contributed by atoms with van der Waals surface area (Å²) in [7, 11) is 0. The molecule has 0 bridgehead atoms. The van der Waals surface area contributed by atoms with E-state index in [4.69, 9.17) is 0 Å². The van der Waals surface area contributed by atoms with Gasteiger partial charge in [-0.3, -0.25) is 0 Å². The molecule has 0 aromatic heterocycles. The van der Waals surface area contributed by atoms with Gasteiger partial charge in [0.2, 0.25) is 0 Å². The molecule has 2 unspecified atom stereocenters. The molecule has 82 valence electrons. The van der Waals surface area contributed by atoms with Gasteiger partial charge < -0.3 is 10.6 Å². The van der Waals surface area contributed by atoms with Gasteiger partial charge in [-0.25, -0.2) is 4.39 Å². The quantitative estimate of drug-likeness (QED) is 0.766. The molecule has 2 atom stereocenters. The van der Waals surface area contributed by atoms with E-state index in [1.165, 1.54) is 6.07 Å². The van der Waals surface area contributed by atoms with Gasteiger partial charge in [0.1, 0.15) is 5.82 Å². The number of piperazine rings is 1. The number of halogens is 1. The maximum atomic E-state index is 13.4. The summed E-state index contributed by atoms with van der Waals surface area (Å²) in [5.74, 6) is -0.0999. The van der Waals surface area contributed by atoms with Crippen LogP contribution in [-0.2, 0) is 6.42 Å². The van der Waals surface area contributed by atoms with Crippen molar-refractivity contribution in [2.45, 2.75) is 25.4 Å². The molecule has 1 heterocycles. The maximum Gasteiger partial charge on any atom is 0.126 e. The number of nitrogens with one attached hydrogen (secondary N) is 2. The lowest BCUT2D eigenvalue weighted by atomic mass is 9.98. The lowest BCUT2D eigenvalue weighted by Gasteiger charge is -2.31. The molecule has 3 heteroatoms. The second kappa shape index (κ2) is 4.73. The summed E-state index contributed by atoms with van der Waals surface area (Å²) in [5, 5.41) is 6.80. The average molecular weight is 208 g/mol. The van der Waals surface area contributed by atoms with Crippen molar-refractivity contribution in [1.29, 1.82) is 0 Å². The van der Waals surface area contributed by atoms with Crippen LogP contribution < -0.4 is 10.6 Å². The van der Waals surface area contributed by atoms with Crippen molar-refractivity contribution in [2.24, 2.45) is 0 Å². The zero-order valence-electron chi connectivity index (χ0n) is 8.96. The number of hydrogen-bond acceptors (Lipinski definition) is 2. The van der Waals surface area contributed by atoms with Crippen molar-refractivity contribution in [1.82, 2.24) is 10.6 Å². The monoisotopic (exact) mass is 208 g/mol. The van der Waals surface area contributed by atoms with Crippen molar-refractivity contribution in [3.8, 4) is 0 Å². The first kappa shape index (κ1) is 10.6. The van der Waals surface area contributed by atoms with E-state index >= 15 is 0 Å². The standard InChI is InChI=1S/C12H17FN2/c1-9-12(15-7-6-14-9)8-10-4-2-3-5-11(10)13/h2-5,9,12,14-15H,6-8H2,1H3. The highest BCUT2D eigenvalue weighted by atomic mass is 19.1. The third-order valence-electron chi connectivity index (χ3n) is 3.00. The summed E-state index contributed by atoms with van der Waals surface area (Å²) >= 11 is 0. The molecule has 1 aliphatic heterocycles. The molecule has 1 aromatic rings. The molecule has 1 aromatic carbocycles. The molecule has 0 aliphatic carbocycles. The predicted molar refractivity (Wildman–Crippen MR) is 59.4 cm³/mol. The van der Waals surface area contributed by atoms with E-state index in [0.29, 0.717) is 12.1 Å². The van der Waals surface area contributed by atoms with Crippen LogP contribution in [-0.4, -0.2) is 25.2 Å². The fraction of sp³-hybridized carbons (Fsp3) is 0.500. The Balaban J connectivity index is 2.04. The fourth-order valence-electron chi connectivity index (χ4n) is 2.03. The fourth-order valence-corrected chi connectivity index (χ4v) is 2.03. The van der Waals surface area contributed by atoms with Gasteiger partial charge in [-0.15, -0.1) is 0 Å². The molecule has 15 heavy (non-hydrogen) atoms. The van der Waals surface area contributed by atoms with Gasteiger partial charge in [0.25, 0.3) is 0 Å². The van der Waals surface area contributed by atoms with Crippen LogP contribution in [0, 0.1) is 5.82 Å². The van der Waals surface area contributed by atoms with Crippen molar-refractivity contribution in [2.75, 3.05) is 13.1 Å². The van der Waals surface area contributed by atoms with E-state index in [9.17, 15) is 4.39 Å². The lowest BCUT2D eigenvalue weighted by molar-refractivity contribution is 0.334. The zero-order valence-corrected chi connectivity index (χ0v) is 8.96. The van der Waals surface area contributed by atoms with Gasteiger partial charge in [0.05, 0.1) is 0 Å². The summed E-state index contributed by atoms with van der Waals surface area (Å²) in [6.45, 7) is 4.09. The summed E-state index contributed by atoms with van der Waals surface area (Å²) in [6, 6.07) is 7.73. The van der Waals surface area contributed by atoms with Gasteiger partial charge >= 0.3 is 0 Å². The smallest absolute Gasteiger partial charge is 0.126 e. The van der Waals surface area contributed by atoms with E-state index in [0.717, 1.165) is 25.1 Å². The van der Waals surface area contributed by atoms with Crippen LogP contribution in [0.3, 0.4) is 0 Å². The van der Waals surface area contributed by atoms with Gasteiger partial charge in [0.15, 0.2) is 0 Å². The number of rotatable bonds is 2. The molecule has 1 aliphatic rings. The first-order chi connectivity index (χ1) is 7.27. The largest absolute Gasteiger partial charge is 0.311 e. The van der Waals surface area contributed by atoms with Crippen molar-refractivity contribution >= 4 is 0 Å². The van der Waals surface area contributed by atoms with E-state index < -0.39 is 0 Å². The normalized spacial score (nSPS) is 26.5. The van der Waals surface area contributed by atoms with E-state index in [1.807, 2.05) is 12.1 Å². The Labute approximate surface area is 89.9 Å². The van der Waals surface area contributed by atoms with Gasteiger partial charge in [0, 0.05) is 25.2 Å². The topological polar surface area (TPSA) is 24.1 Å². The van der Waals surface area contributed by atoms with Crippen LogP contribution in [0.1, 0.15) is 12.5 Å². The number of benzene rings is 1. The molecule has 0 radical (unpaired) electrons. The summed E-state index contributed by atoms with van der Waals surface area (Å²) in [6.07, 6.45) is 0.751.